The molecule has 1 atom stereocenters. The van der Waals surface area contributed by atoms with Crippen molar-refractivity contribution in [3.63, 3.8) is 0 Å². The second-order valence-electron chi connectivity index (χ2n) is 5.06. The summed E-state index contributed by atoms with van der Waals surface area (Å²) >= 11 is 0. The van der Waals surface area contributed by atoms with E-state index in [1.54, 1.807) is 0 Å². The summed E-state index contributed by atoms with van der Waals surface area (Å²) in [5.74, 6) is 0.926. The zero-order valence-electron chi connectivity index (χ0n) is 12.3. The monoisotopic (exact) mass is 269 g/mol. The minimum atomic E-state index is 0.378. The topological polar surface area (TPSA) is 21.3 Å². The maximum absolute atomic E-state index is 5.79. The standard InChI is InChI=1S/C18H23NO/c1-3-13-19-15(2)14-20-18-11-9-17(10-12-18)16-7-5-4-6-8-16/h4-12,15,19H,3,13-14H2,1-2H3. The molecule has 0 aliphatic rings. The molecule has 2 nitrogen and oxygen atoms in total. The Morgan fingerprint density at radius 2 is 1.60 bits per heavy atom. The molecule has 2 aromatic carbocycles. The van der Waals surface area contributed by atoms with Gasteiger partial charge < -0.3 is 10.1 Å². The van der Waals surface area contributed by atoms with E-state index >= 15 is 0 Å². The van der Waals surface area contributed by atoms with E-state index in [4.69, 9.17) is 4.74 Å². The predicted molar refractivity (Wildman–Crippen MR) is 85.1 cm³/mol. The number of benzene rings is 2. The van der Waals surface area contributed by atoms with Gasteiger partial charge in [0.25, 0.3) is 0 Å². The highest BCUT2D eigenvalue weighted by Crippen LogP contribution is 2.22. The fraction of sp³-hybridized carbons (Fsp3) is 0.333. The van der Waals surface area contributed by atoms with Crippen LogP contribution >= 0.6 is 0 Å². The molecule has 2 aromatic rings. The summed E-state index contributed by atoms with van der Waals surface area (Å²) < 4.78 is 5.79. The van der Waals surface area contributed by atoms with Crippen molar-refractivity contribution in [2.45, 2.75) is 26.3 Å². The average Bonchev–Trinajstić information content (AvgIpc) is 2.52. The molecule has 0 bridgehead atoms. The normalized spacial score (nSPS) is 12.1. The summed E-state index contributed by atoms with van der Waals surface area (Å²) in [5, 5.41) is 3.41. The van der Waals surface area contributed by atoms with Gasteiger partial charge in [-0.1, -0.05) is 49.4 Å². The van der Waals surface area contributed by atoms with Crippen LogP contribution in [0.4, 0.5) is 0 Å². The van der Waals surface area contributed by atoms with E-state index in [0.29, 0.717) is 12.6 Å². The quantitative estimate of drug-likeness (QED) is 0.816. The van der Waals surface area contributed by atoms with Crippen LogP contribution in [0.5, 0.6) is 5.75 Å². The third-order valence-corrected chi connectivity index (χ3v) is 3.20. The van der Waals surface area contributed by atoms with Crippen molar-refractivity contribution in [2.24, 2.45) is 0 Å². The Labute approximate surface area is 121 Å². The summed E-state index contributed by atoms with van der Waals surface area (Å²) in [7, 11) is 0. The largest absolute Gasteiger partial charge is 0.492 e. The Kier molecular flexibility index (Phi) is 5.63. The molecule has 0 spiro atoms. The van der Waals surface area contributed by atoms with E-state index in [-0.39, 0.29) is 0 Å². The summed E-state index contributed by atoms with van der Waals surface area (Å²) in [6, 6.07) is 19.0. The highest BCUT2D eigenvalue weighted by Gasteiger charge is 2.02. The maximum Gasteiger partial charge on any atom is 0.119 e. The number of rotatable bonds is 7. The Morgan fingerprint density at radius 3 is 2.25 bits per heavy atom. The molecule has 0 saturated carbocycles. The van der Waals surface area contributed by atoms with Crippen LogP contribution in [0, 0.1) is 0 Å². The number of hydrogen-bond acceptors (Lipinski definition) is 2. The smallest absolute Gasteiger partial charge is 0.119 e. The van der Waals surface area contributed by atoms with Gasteiger partial charge >= 0.3 is 0 Å². The van der Waals surface area contributed by atoms with Gasteiger partial charge in [0.1, 0.15) is 12.4 Å². The van der Waals surface area contributed by atoms with Gasteiger partial charge in [0, 0.05) is 6.04 Å². The average molecular weight is 269 g/mol. The van der Waals surface area contributed by atoms with Crippen LogP contribution in [-0.4, -0.2) is 19.2 Å². The van der Waals surface area contributed by atoms with Gasteiger partial charge in [-0.15, -0.1) is 0 Å². The number of nitrogens with one attached hydrogen (secondary N) is 1. The lowest BCUT2D eigenvalue weighted by Gasteiger charge is -2.14. The lowest BCUT2D eigenvalue weighted by molar-refractivity contribution is 0.273. The van der Waals surface area contributed by atoms with Gasteiger partial charge in [-0.2, -0.15) is 0 Å². The van der Waals surface area contributed by atoms with Gasteiger partial charge in [0.2, 0.25) is 0 Å². The second kappa shape index (κ2) is 7.71. The third kappa shape index (κ3) is 4.39. The second-order valence-corrected chi connectivity index (χ2v) is 5.06. The van der Waals surface area contributed by atoms with E-state index in [0.717, 1.165) is 18.7 Å². The van der Waals surface area contributed by atoms with E-state index < -0.39 is 0 Å². The highest BCUT2D eigenvalue weighted by atomic mass is 16.5. The summed E-state index contributed by atoms with van der Waals surface area (Å²) in [6.45, 7) is 6.05. The molecular weight excluding hydrogens is 246 g/mol. The fourth-order valence-corrected chi connectivity index (χ4v) is 2.05. The molecule has 0 aromatic heterocycles. The molecule has 0 fully saturated rings. The predicted octanol–water partition coefficient (Wildman–Crippen LogP) is 4.12. The van der Waals surface area contributed by atoms with Crippen molar-refractivity contribution in [1.29, 1.82) is 0 Å². The van der Waals surface area contributed by atoms with Crippen molar-refractivity contribution >= 4 is 0 Å². The van der Waals surface area contributed by atoms with Crippen molar-refractivity contribution < 1.29 is 4.74 Å². The first kappa shape index (κ1) is 14.6. The maximum atomic E-state index is 5.79. The Morgan fingerprint density at radius 1 is 0.950 bits per heavy atom. The number of hydrogen-bond donors (Lipinski definition) is 1. The minimum Gasteiger partial charge on any atom is -0.492 e. The van der Waals surface area contributed by atoms with Crippen LogP contribution in [0.3, 0.4) is 0 Å². The Bertz CT molecular complexity index is 493. The Hall–Kier alpha value is -1.80. The van der Waals surface area contributed by atoms with Crippen LogP contribution in [0.1, 0.15) is 20.3 Å². The van der Waals surface area contributed by atoms with Crippen LogP contribution in [0.15, 0.2) is 54.6 Å². The van der Waals surface area contributed by atoms with Crippen molar-refractivity contribution in [3.05, 3.63) is 54.6 Å². The lowest BCUT2D eigenvalue weighted by Crippen LogP contribution is -2.32. The summed E-state index contributed by atoms with van der Waals surface area (Å²) in [5.41, 5.74) is 2.45. The first-order chi connectivity index (χ1) is 9.79. The Balaban J connectivity index is 1.89. The van der Waals surface area contributed by atoms with Crippen LogP contribution < -0.4 is 10.1 Å². The van der Waals surface area contributed by atoms with E-state index in [2.05, 4.69) is 55.6 Å². The lowest BCUT2D eigenvalue weighted by atomic mass is 10.1. The van der Waals surface area contributed by atoms with E-state index in [1.165, 1.54) is 11.1 Å². The molecule has 2 rings (SSSR count). The van der Waals surface area contributed by atoms with E-state index in [9.17, 15) is 0 Å². The van der Waals surface area contributed by atoms with Gasteiger partial charge in [-0.3, -0.25) is 0 Å². The minimum absolute atomic E-state index is 0.378. The molecular formula is C18H23NO. The zero-order chi connectivity index (χ0) is 14.2. The van der Waals surface area contributed by atoms with Gasteiger partial charge in [-0.05, 0) is 43.1 Å². The molecule has 0 amide bonds. The highest BCUT2D eigenvalue weighted by molar-refractivity contribution is 5.63. The van der Waals surface area contributed by atoms with Gasteiger partial charge in [0.15, 0.2) is 0 Å². The first-order valence-corrected chi connectivity index (χ1v) is 7.31. The van der Waals surface area contributed by atoms with Crippen LogP contribution in [0.2, 0.25) is 0 Å². The van der Waals surface area contributed by atoms with Gasteiger partial charge in [0.05, 0.1) is 0 Å². The molecule has 0 aliphatic carbocycles. The molecule has 0 saturated heterocycles. The molecule has 2 heteroatoms. The molecule has 20 heavy (non-hydrogen) atoms. The molecule has 0 heterocycles. The van der Waals surface area contributed by atoms with Crippen molar-refractivity contribution in [3.8, 4) is 16.9 Å². The summed E-state index contributed by atoms with van der Waals surface area (Å²) in [4.78, 5) is 0. The summed E-state index contributed by atoms with van der Waals surface area (Å²) in [6.07, 6.45) is 1.15. The van der Waals surface area contributed by atoms with Crippen molar-refractivity contribution in [1.82, 2.24) is 5.32 Å². The van der Waals surface area contributed by atoms with Crippen LogP contribution in [0.25, 0.3) is 11.1 Å². The fourth-order valence-electron chi connectivity index (χ4n) is 2.05. The molecule has 1 unspecified atom stereocenters. The molecule has 0 radical (unpaired) electrons. The van der Waals surface area contributed by atoms with Gasteiger partial charge in [-0.25, -0.2) is 0 Å². The van der Waals surface area contributed by atoms with Crippen molar-refractivity contribution in [2.75, 3.05) is 13.2 Å². The molecule has 106 valence electrons. The zero-order valence-corrected chi connectivity index (χ0v) is 12.3. The third-order valence-electron chi connectivity index (χ3n) is 3.20. The molecule has 1 N–H and O–H groups in total. The SMILES string of the molecule is CCCNC(C)COc1ccc(-c2ccccc2)cc1. The number of ether oxygens (including phenoxy) is 1. The molecule has 0 aliphatic heterocycles. The van der Waals surface area contributed by atoms with E-state index in [1.807, 2.05) is 18.2 Å². The first-order valence-electron chi connectivity index (χ1n) is 7.31. The van der Waals surface area contributed by atoms with Crippen LogP contribution in [-0.2, 0) is 0 Å².